The smallest absolute Gasteiger partial charge is 0.252 e. The van der Waals surface area contributed by atoms with E-state index in [1.165, 1.54) is 13.1 Å². The maximum absolute atomic E-state index is 11.7. The van der Waals surface area contributed by atoms with Crippen molar-refractivity contribution in [2.75, 3.05) is 11.9 Å². The van der Waals surface area contributed by atoms with Crippen LogP contribution < -0.4 is 11.1 Å². The Morgan fingerprint density at radius 1 is 1.18 bits per heavy atom. The molecule has 6 N–H and O–H groups in total. The molecular weight excluding hydrogens is 438 g/mol. The average Bonchev–Trinajstić information content (AvgIpc) is 3.46. The Morgan fingerprint density at radius 3 is 2.76 bits per heavy atom. The number of hydrogen-bond acceptors (Lipinski definition) is 9. The third-order valence-electron chi connectivity index (χ3n) is 5.28. The highest BCUT2D eigenvalue weighted by atomic mass is 16.3. The van der Waals surface area contributed by atoms with E-state index in [-0.39, 0.29) is 12.1 Å². The second-order valence-corrected chi connectivity index (χ2v) is 8.02. The lowest BCUT2D eigenvalue weighted by molar-refractivity contribution is -0.121. The minimum atomic E-state index is -1.49. The zero-order valence-corrected chi connectivity index (χ0v) is 17.9. The number of fused-ring (bicyclic) bond motifs is 2. The van der Waals surface area contributed by atoms with E-state index in [0.717, 1.165) is 11.1 Å². The number of carbonyl (C=O) groups is 2. The van der Waals surface area contributed by atoms with Gasteiger partial charge in [-0.25, -0.2) is 9.97 Å². The minimum Gasteiger partial charge on any atom is -0.381 e. The SMILES string of the molecule is C[C@@](O)(C=O)CNc1cncc(-c2cnc3[nH]nc(-c4nc5c(C(N)=O)cncc5[nH]4)c3c2)c1. The number of H-pyrrole nitrogens is 2. The molecule has 0 aliphatic heterocycles. The molecule has 5 heterocycles. The first kappa shape index (κ1) is 21.2. The molecular formula is C22H19N9O3. The van der Waals surface area contributed by atoms with Crippen LogP contribution in [-0.4, -0.2) is 64.6 Å². The van der Waals surface area contributed by atoms with Gasteiger partial charge in [0.25, 0.3) is 5.91 Å². The van der Waals surface area contributed by atoms with E-state index in [2.05, 4.69) is 40.4 Å². The molecule has 5 rings (SSSR count). The highest BCUT2D eigenvalue weighted by Gasteiger charge is 2.19. The maximum Gasteiger partial charge on any atom is 0.252 e. The standard InChI is InChI=1S/C22H19N9O3/c1-22(34,10-32)9-27-13-2-11(4-24-6-13)12-3-14-18(30-31-20(14)26-5-12)21-28-16-8-25-7-15(19(23)33)17(16)29-21/h2-8,10,27,34H,9H2,1H3,(H2,23,33)(H,28,29)(H,26,30,31)/t22-/m0/s1. The van der Waals surface area contributed by atoms with Crippen molar-refractivity contribution < 1.29 is 14.7 Å². The summed E-state index contributed by atoms with van der Waals surface area (Å²) in [5, 5.41) is 20.8. The van der Waals surface area contributed by atoms with E-state index in [1.54, 1.807) is 24.8 Å². The molecule has 0 fully saturated rings. The number of rotatable bonds is 7. The second-order valence-electron chi connectivity index (χ2n) is 8.02. The van der Waals surface area contributed by atoms with Crippen LogP contribution in [0.1, 0.15) is 17.3 Å². The summed E-state index contributed by atoms with van der Waals surface area (Å²) in [4.78, 5) is 43.0. The van der Waals surface area contributed by atoms with Gasteiger partial charge in [-0.05, 0) is 19.1 Å². The summed E-state index contributed by atoms with van der Waals surface area (Å²) < 4.78 is 0. The number of aromatic amines is 2. The molecule has 5 aromatic rings. The molecule has 170 valence electrons. The molecule has 0 bridgehead atoms. The number of primary amides is 1. The van der Waals surface area contributed by atoms with Gasteiger partial charge in [-0.2, -0.15) is 5.10 Å². The first-order valence-corrected chi connectivity index (χ1v) is 10.2. The fourth-order valence-electron chi connectivity index (χ4n) is 3.48. The third kappa shape index (κ3) is 3.82. The van der Waals surface area contributed by atoms with Gasteiger partial charge >= 0.3 is 0 Å². The van der Waals surface area contributed by atoms with Crippen LogP contribution in [0.4, 0.5) is 5.69 Å². The second kappa shape index (κ2) is 8.01. The van der Waals surface area contributed by atoms with Gasteiger partial charge < -0.3 is 25.9 Å². The molecule has 0 unspecified atom stereocenters. The summed E-state index contributed by atoms with van der Waals surface area (Å²) in [6.45, 7) is 1.46. The Kier molecular flexibility index (Phi) is 4.98. The highest BCUT2D eigenvalue weighted by molar-refractivity contribution is 6.04. The van der Waals surface area contributed by atoms with Gasteiger partial charge in [0.1, 0.15) is 16.8 Å². The van der Waals surface area contributed by atoms with E-state index in [0.29, 0.717) is 45.6 Å². The number of nitrogens with two attached hydrogens (primary N) is 1. The average molecular weight is 457 g/mol. The molecule has 0 spiro atoms. The van der Waals surface area contributed by atoms with Crippen molar-refractivity contribution in [1.82, 2.24) is 35.1 Å². The van der Waals surface area contributed by atoms with Crippen LogP contribution in [0.2, 0.25) is 0 Å². The Morgan fingerprint density at radius 2 is 1.97 bits per heavy atom. The number of anilines is 1. The lowest BCUT2D eigenvalue weighted by Gasteiger charge is -2.17. The largest absolute Gasteiger partial charge is 0.381 e. The van der Waals surface area contributed by atoms with Gasteiger partial charge in [-0.3, -0.25) is 19.9 Å². The summed E-state index contributed by atoms with van der Waals surface area (Å²) in [5.41, 5.74) is 8.37. The Balaban J connectivity index is 1.53. The Bertz CT molecular complexity index is 1550. The fraction of sp³-hybridized carbons (Fsp3) is 0.136. The van der Waals surface area contributed by atoms with Crippen LogP contribution >= 0.6 is 0 Å². The van der Waals surface area contributed by atoms with E-state index >= 15 is 0 Å². The first-order valence-electron chi connectivity index (χ1n) is 10.2. The van der Waals surface area contributed by atoms with Crippen molar-refractivity contribution >= 4 is 39.9 Å². The van der Waals surface area contributed by atoms with Crippen molar-refractivity contribution in [2.45, 2.75) is 12.5 Å². The summed E-state index contributed by atoms with van der Waals surface area (Å²) in [6.07, 6.45) is 8.37. The van der Waals surface area contributed by atoms with E-state index in [1.807, 2.05) is 12.1 Å². The number of aromatic nitrogens is 7. The van der Waals surface area contributed by atoms with Gasteiger partial charge in [0.05, 0.1) is 34.9 Å². The number of pyridine rings is 3. The molecule has 0 aromatic carbocycles. The summed E-state index contributed by atoms with van der Waals surface area (Å²) in [6, 6.07) is 3.73. The third-order valence-corrected chi connectivity index (χ3v) is 5.28. The van der Waals surface area contributed by atoms with Gasteiger partial charge in [0, 0.05) is 35.9 Å². The number of imidazole rings is 1. The first-order chi connectivity index (χ1) is 16.3. The molecule has 0 saturated carbocycles. The van der Waals surface area contributed by atoms with E-state index < -0.39 is 11.5 Å². The van der Waals surface area contributed by atoms with Crippen LogP contribution in [-0.2, 0) is 4.79 Å². The lowest BCUT2D eigenvalue weighted by Crippen LogP contribution is -2.34. The molecule has 0 saturated heterocycles. The predicted molar refractivity (Wildman–Crippen MR) is 124 cm³/mol. The van der Waals surface area contributed by atoms with E-state index in [4.69, 9.17) is 5.73 Å². The maximum atomic E-state index is 11.7. The number of amides is 1. The summed E-state index contributed by atoms with van der Waals surface area (Å²) in [7, 11) is 0. The number of aldehydes is 1. The van der Waals surface area contributed by atoms with Crippen molar-refractivity contribution in [1.29, 1.82) is 0 Å². The van der Waals surface area contributed by atoms with Gasteiger partial charge in [0.15, 0.2) is 17.8 Å². The normalized spacial score (nSPS) is 13.1. The van der Waals surface area contributed by atoms with Crippen LogP contribution in [0.15, 0.2) is 43.1 Å². The Hall–Kier alpha value is -4.71. The quantitative estimate of drug-likeness (QED) is 0.225. The van der Waals surface area contributed by atoms with Crippen LogP contribution in [0.3, 0.4) is 0 Å². The van der Waals surface area contributed by atoms with Crippen LogP contribution in [0, 0.1) is 0 Å². The van der Waals surface area contributed by atoms with Crippen molar-refractivity contribution in [3.63, 3.8) is 0 Å². The molecule has 1 amide bonds. The predicted octanol–water partition coefficient (Wildman–Crippen LogP) is 1.42. The number of nitrogens with one attached hydrogen (secondary N) is 3. The molecule has 0 aliphatic rings. The zero-order chi connectivity index (χ0) is 23.9. The molecule has 1 atom stereocenters. The van der Waals surface area contributed by atoms with Crippen LogP contribution in [0.5, 0.6) is 0 Å². The molecule has 12 nitrogen and oxygen atoms in total. The number of hydrogen-bond donors (Lipinski definition) is 5. The molecule has 12 heteroatoms. The number of carbonyl (C=O) groups excluding carboxylic acids is 2. The Labute approximate surface area is 191 Å². The number of nitrogens with zero attached hydrogens (tertiary/aromatic N) is 5. The van der Waals surface area contributed by atoms with Gasteiger partial charge in [-0.15, -0.1) is 0 Å². The number of aliphatic hydroxyl groups is 1. The molecule has 34 heavy (non-hydrogen) atoms. The lowest BCUT2D eigenvalue weighted by atomic mass is 10.1. The monoisotopic (exact) mass is 457 g/mol. The fourth-order valence-corrected chi connectivity index (χ4v) is 3.48. The summed E-state index contributed by atoms with van der Waals surface area (Å²) in [5.74, 6) is -0.192. The van der Waals surface area contributed by atoms with Gasteiger partial charge in [-0.1, -0.05) is 0 Å². The van der Waals surface area contributed by atoms with Crippen LogP contribution in [0.25, 0.3) is 44.7 Å². The molecule has 0 aliphatic carbocycles. The van der Waals surface area contributed by atoms with Crippen molar-refractivity contribution in [3.8, 4) is 22.6 Å². The molecule has 5 aromatic heterocycles. The zero-order valence-electron chi connectivity index (χ0n) is 17.9. The van der Waals surface area contributed by atoms with E-state index in [9.17, 15) is 14.7 Å². The highest BCUT2D eigenvalue weighted by Crippen LogP contribution is 2.30. The molecule has 0 radical (unpaired) electrons. The van der Waals surface area contributed by atoms with Crippen molar-refractivity contribution in [2.24, 2.45) is 5.73 Å². The van der Waals surface area contributed by atoms with Gasteiger partial charge in [0.2, 0.25) is 0 Å². The minimum absolute atomic E-state index is 0.0407. The van der Waals surface area contributed by atoms with Crippen molar-refractivity contribution in [3.05, 3.63) is 48.7 Å². The summed E-state index contributed by atoms with van der Waals surface area (Å²) >= 11 is 0. The topological polar surface area (TPSA) is 188 Å².